The zero-order valence-corrected chi connectivity index (χ0v) is 10.0. The standard InChI is InChI=1S/C14H12F2O2/c1-17-11-7-4-8-12(18-2)14(11)13-9(15)5-3-6-10(13)16/h3-8H,1-2H3. The molecule has 0 spiro atoms. The first-order valence-corrected chi connectivity index (χ1v) is 5.34. The number of rotatable bonds is 3. The van der Waals surface area contributed by atoms with Gasteiger partial charge in [-0.25, -0.2) is 8.78 Å². The molecule has 0 atom stereocenters. The minimum atomic E-state index is -0.655. The van der Waals surface area contributed by atoms with Crippen LogP contribution in [0.1, 0.15) is 0 Å². The number of methoxy groups -OCH3 is 2. The lowest BCUT2D eigenvalue weighted by Gasteiger charge is -2.14. The van der Waals surface area contributed by atoms with Gasteiger partial charge in [-0.15, -0.1) is 0 Å². The molecule has 94 valence electrons. The average Bonchev–Trinajstić information content (AvgIpc) is 2.38. The van der Waals surface area contributed by atoms with Gasteiger partial charge in [-0.05, 0) is 24.3 Å². The predicted molar refractivity (Wildman–Crippen MR) is 64.9 cm³/mol. The van der Waals surface area contributed by atoms with Gasteiger partial charge in [0.15, 0.2) is 0 Å². The van der Waals surface area contributed by atoms with Crippen molar-refractivity contribution in [2.75, 3.05) is 14.2 Å². The summed E-state index contributed by atoms with van der Waals surface area (Å²) in [6.07, 6.45) is 0. The molecule has 0 amide bonds. The van der Waals surface area contributed by atoms with Crippen LogP contribution in [0.3, 0.4) is 0 Å². The van der Waals surface area contributed by atoms with E-state index in [1.165, 1.54) is 32.4 Å². The van der Waals surface area contributed by atoms with E-state index < -0.39 is 11.6 Å². The summed E-state index contributed by atoms with van der Waals surface area (Å²) in [6.45, 7) is 0. The van der Waals surface area contributed by atoms with Crippen molar-refractivity contribution in [3.8, 4) is 22.6 Å². The van der Waals surface area contributed by atoms with Crippen LogP contribution in [0.25, 0.3) is 11.1 Å². The minimum absolute atomic E-state index is 0.146. The van der Waals surface area contributed by atoms with Crippen LogP contribution in [0.5, 0.6) is 11.5 Å². The van der Waals surface area contributed by atoms with Gasteiger partial charge in [0.05, 0.1) is 25.3 Å². The Labute approximate surface area is 104 Å². The van der Waals surface area contributed by atoms with Crippen molar-refractivity contribution >= 4 is 0 Å². The molecular formula is C14H12F2O2. The molecule has 0 aliphatic carbocycles. The number of hydrogen-bond donors (Lipinski definition) is 0. The highest BCUT2D eigenvalue weighted by atomic mass is 19.1. The molecule has 0 radical (unpaired) electrons. The number of benzene rings is 2. The van der Waals surface area contributed by atoms with Gasteiger partial charge < -0.3 is 9.47 Å². The van der Waals surface area contributed by atoms with E-state index in [1.54, 1.807) is 18.2 Å². The second kappa shape index (κ2) is 5.04. The fourth-order valence-corrected chi connectivity index (χ4v) is 1.83. The molecule has 2 nitrogen and oxygen atoms in total. The minimum Gasteiger partial charge on any atom is -0.496 e. The zero-order chi connectivity index (χ0) is 13.1. The van der Waals surface area contributed by atoms with Gasteiger partial charge in [-0.1, -0.05) is 12.1 Å². The van der Waals surface area contributed by atoms with Gasteiger partial charge in [-0.2, -0.15) is 0 Å². The number of halogens is 2. The Balaban J connectivity index is 2.77. The van der Waals surface area contributed by atoms with E-state index in [2.05, 4.69) is 0 Å². The lowest BCUT2D eigenvalue weighted by atomic mass is 10.0. The molecule has 0 unspecified atom stereocenters. The third-order valence-electron chi connectivity index (χ3n) is 2.64. The molecule has 0 fully saturated rings. The normalized spacial score (nSPS) is 10.2. The quantitative estimate of drug-likeness (QED) is 0.827. The van der Waals surface area contributed by atoms with Crippen LogP contribution in [-0.4, -0.2) is 14.2 Å². The summed E-state index contributed by atoms with van der Waals surface area (Å²) in [4.78, 5) is 0. The molecule has 0 heterocycles. The van der Waals surface area contributed by atoms with Gasteiger partial charge in [0.2, 0.25) is 0 Å². The molecular weight excluding hydrogens is 238 g/mol. The Hall–Kier alpha value is -2.10. The van der Waals surface area contributed by atoms with Gasteiger partial charge in [0.25, 0.3) is 0 Å². The van der Waals surface area contributed by atoms with Gasteiger partial charge in [0.1, 0.15) is 23.1 Å². The van der Waals surface area contributed by atoms with Crippen molar-refractivity contribution < 1.29 is 18.3 Å². The van der Waals surface area contributed by atoms with Crippen LogP contribution in [0.2, 0.25) is 0 Å². The first kappa shape index (κ1) is 12.4. The first-order chi connectivity index (χ1) is 8.69. The SMILES string of the molecule is COc1cccc(OC)c1-c1c(F)cccc1F. The summed E-state index contributed by atoms with van der Waals surface area (Å²) in [5, 5.41) is 0. The smallest absolute Gasteiger partial charge is 0.134 e. The number of ether oxygens (including phenoxy) is 2. The summed E-state index contributed by atoms with van der Waals surface area (Å²) in [5.41, 5.74) is 0.130. The molecule has 0 N–H and O–H groups in total. The van der Waals surface area contributed by atoms with Crippen LogP contribution < -0.4 is 9.47 Å². The monoisotopic (exact) mass is 250 g/mol. The first-order valence-electron chi connectivity index (χ1n) is 5.34. The van der Waals surface area contributed by atoms with Crippen LogP contribution in [-0.2, 0) is 0 Å². The Morgan fingerprint density at radius 2 is 1.17 bits per heavy atom. The molecule has 18 heavy (non-hydrogen) atoms. The Morgan fingerprint density at radius 3 is 1.61 bits per heavy atom. The summed E-state index contributed by atoms with van der Waals surface area (Å²) in [5.74, 6) is -0.590. The highest BCUT2D eigenvalue weighted by molar-refractivity contribution is 5.77. The largest absolute Gasteiger partial charge is 0.496 e. The Morgan fingerprint density at radius 1 is 0.722 bits per heavy atom. The molecule has 0 saturated carbocycles. The van der Waals surface area contributed by atoms with E-state index in [4.69, 9.17) is 9.47 Å². The predicted octanol–water partition coefficient (Wildman–Crippen LogP) is 3.65. The van der Waals surface area contributed by atoms with E-state index in [0.717, 1.165) is 0 Å². The lowest BCUT2D eigenvalue weighted by Crippen LogP contribution is -1.97. The van der Waals surface area contributed by atoms with E-state index in [1.807, 2.05) is 0 Å². The molecule has 0 aliphatic rings. The van der Waals surface area contributed by atoms with Crippen molar-refractivity contribution in [1.82, 2.24) is 0 Å². The molecule has 2 aromatic carbocycles. The van der Waals surface area contributed by atoms with Crippen molar-refractivity contribution in [3.05, 3.63) is 48.0 Å². The molecule has 4 heteroatoms. The van der Waals surface area contributed by atoms with Crippen LogP contribution in [0.15, 0.2) is 36.4 Å². The van der Waals surface area contributed by atoms with Gasteiger partial charge in [0, 0.05) is 0 Å². The highest BCUT2D eigenvalue weighted by Gasteiger charge is 2.19. The third-order valence-corrected chi connectivity index (χ3v) is 2.64. The second-order valence-corrected chi connectivity index (χ2v) is 3.63. The molecule has 0 saturated heterocycles. The maximum absolute atomic E-state index is 13.8. The van der Waals surface area contributed by atoms with Gasteiger partial charge >= 0.3 is 0 Å². The molecule has 0 aromatic heterocycles. The average molecular weight is 250 g/mol. The highest BCUT2D eigenvalue weighted by Crippen LogP contribution is 2.40. The second-order valence-electron chi connectivity index (χ2n) is 3.63. The van der Waals surface area contributed by atoms with Crippen molar-refractivity contribution in [2.24, 2.45) is 0 Å². The van der Waals surface area contributed by atoms with Gasteiger partial charge in [-0.3, -0.25) is 0 Å². The Bertz CT molecular complexity index is 525. The van der Waals surface area contributed by atoms with Crippen molar-refractivity contribution in [2.45, 2.75) is 0 Å². The third kappa shape index (κ3) is 2.01. The fraction of sp³-hybridized carbons (Fsp3) is 0.143. The summed E-state index contributed by atoms with van der Waals surface area (Å²) in [6, 6.07) is 8.66. The Kier molecular flexibility index (Phi) is 3.46. The van der Waals surface area contributed by atoms with E-state index in [9.17, 15) is 8.78 Å². The van der Waals surface area contributed by atoms with Crippen molar-refractivity contribution in [3.63, 3.8) is 0 Å². The fourth-order valence-electron chi connectivity index (χ4n) is 1.83. The molecule has 0 aliphatic heterocycles. The van der Waals surface area contributed by atoms with E-state index in [0.29, 0.717) is 11.5 Å². The summed E-state index contributed by atoms with van der Waals surface area (Å²) >= 11 is 0. The van der Waals surface area contributed by atoms with E-state index in [-0.39, 0.29) is 11.1 Å². The topological polar surface area (TPSA) is 18.5 Å². The molecule has 2 rings (SSSR count). The zero-order valence-electron chi connectivity index (χ0n) is 10.0. The van der Waals surface area contributed by atoms with E-state index >= 15 is 0 Å². The maximum Gasteiger partial charge on any atom is 0.134 e. The molecule has 0 bridgehead atoms. The van der Waals surface area contributed by atoms with Crippen molar-refractivity contribution in [1.29, 1.82) is 0 Å². The summed E-state index contributed by atoms with van der Waals surface area (Å²) in [7, 11) is 2.88. The summed E-state index contributed by atoms with van der Waals surface area (Å²) < 4.78 is 37.9. The van der Waals surface area contributed by atoms with Crippen LogP contribution >= 0.6 is 0 Å². The lowest BCUT2D eigenvalue weighted by molar-refractivity contribution is 0.396. The van der Waals surface area contributed by atoms with Crippen LogP contribution in [0.4, 0.5) is 8.78 Å². The molecule has 2 aromatic rings. The number of hydrogen-bond acceptors (Lipinski definition) is 2. The maximum atomic E-state index is 13.8. The van der Waals surface area contributed by atoms with Crippen LogP contribution in [0, 0.1) is 11.6 Å².